The standard InChI is InChI=1S/C14H22N4O3/c1-18(2)8-10-21-9-7-16-14(19)12-5-3-11(4-6-12)13(15)17-20/h3-6,20H,7-10H2,1-2H3,(H2,15,17)(H,16,19). The van der Waals surface area contributed by atoms with Crippen molar-refractivity contribution in [1.29, 1.82) is 0 Å². The van der Waals surface area contributed by atoms with Crippen LogP contribution in [0.4, 0.5) is 0 Å². The fourth-order valence-electron chi connectivity index (χ4n) is 1.54. The van der Waals surface area contributed by atoms with Crippen molar-refractivity contribution >= 4 is 11.7 Å². The molecule has 1 aromatic rings. The lowest BCUT2D eigenvalue weighted by molar-refractivity contribution is 0.0900. The Hall–Kier alpha value is -2.12. The molecule has 0 fully saturated rings. The summed E-state index contributed by atoms with van der Waals surface area (Å²) in [6, 6.07) is 6.49. The number of oxime groups is 1. The second-order valence-corrected chi connectivity index (χ2v) is 4.73. The molecule has 4 N–H and O–H groups in total. The van der Waals surface area contributed by atoms with E-state index in [1.807, 2.05) is 19.0 Å². The van der Waals surface area contributed by atoms with Gasteiger partial charge in [0.15, 0.2) is 5.84 Å². The molecule has 7 nitrogen and oxygen atoms in total. The fourth-order valence-corrected chi connectivity index (χ4v) is 1.54. The minimum absolute atomic E-state index is 0.0104. The molecule has 0 heterocycles. The van der Waals surface area contributed by atoms with Gasteiger partial charge in [-0.2, -0.15) is 0 Å². The molecule has 0 aliphatic carbocycles. The highest BCUT2D eigenvalue weighted by molar-refractivity contribution is 5.99. The van der Waals surface area contributed by atoms with Crippen LogP contribution in [0, 0.1) is 0 Å². The third kappa shape index (κ3) is 6.24. The molecule has 0 radical (unpaired) electrons. The molecule has 116 valence electrons. The second kappa shape index (κ2) is 8.93. The van der Waals surface area contributed by atoms with E-state index in [1.54, 1.807) is 24.3 Å². The maximum absolute atomic E-state index is 11.9. The first-order valence-electron chi connectivity index (χ1n) is 6.63. The van der Waals surface area contributed by atoms with Gasteiger partial charge in [0.25, 0.3) is 5.91 Å². The zero-order valence-corrected chi connectivity index (χ0v) is 12.4. The van der Waals surface area contributed by atoms with Crippen LogP contribution in [0.1, 0.15) is 15.9 Å². The number of nitrogens with zero attached hydrogens (tertiary/aromatic N) is 2. The molecule has 21 heavy (non-hydrogen) atoms. The number of carbonyl (C=O) groups excluding carboxylic acids is 1. The Labute approximate surface area is 124 Å². The van der Waals surface area contributed by atoms with Crippen LogP contribution in [-0.2, 0) is 4.74 Å². The summed E-state index contributed by atoms with van der Waals surface area (Å²) in [6.07, 6.45) is 0. The van der Waals surface area contributed by atoms with E-state index in [1.165, 1.54) is 0 Å². The average Bonchev–Trinajstić information content (AvgIpc) is 2.49. The summed E-state index contributed by atoms with van der Waals surface area (Å²) in [5.74, 6) is -0.173. The Balaban J connectivity index is 2.32. The maximum Gasteiger partial charge on any atom is 0.251 e. The van der Waals surface area contributed by atoms with Crippen molar-refractivity contribution in [1.82, 2.24) is 10.2 Å². The molecule has 0 atom stereocenters. The minimum atomic E-state index is -0.183. The third-order valence-electron chi connectivity index (χ3n) is 2.77. The van der Waals surface area contributed by atoms with Gasteiger partial charge in [0.05, 0.1) is 13.2 Å². The van der Waals surface area contributed by atoms with E-state index in [-0.39, 0.29) is 11.7 Å². The molecular weight excluding hydrogens is 272 g/mol. The molecular formula is C14H22N4O3. The summed E-state index contributed by atoms with van der Waals surface area (Å²) in [7, 11) is 3.95. The number of nitrogens with one attached hydrogen (secondary N) is 1. The number of benzene rings is 1. The monoisotopic (exact) mass is 294 g/mol. The van der Waals surface area contributed by atoms with E-state index in [2.05, 4.69) is 10.5 Å². The number of hydrogen-bond acceptors (Lipinski definition) is 5. The number of rotatable bonds is 8. The smallest absolute Gasteiger partial charge is 0.251 e. The third-order valence-corrected chi connectivity index (χ3v) is 2.77. The second-order valence-electron chi connectivity index (χ2n) is 4.73. The number of carbonyl (C=O) groups is 1. The van der Waals surface area contributed by atoms with Gasteiger partial charge in [-0.25, -0.2) is 0 Å². The first kappa shape index (κ1) is 16.9. The summed E-state index contributed by atoms with van der Waals surface area (Å²) in [5, 5.41) is 14.2. The Morgan fingerprint density at radius 1 is 1.29 bits per heavy atom. The lowest BCUT2D eigenvalue weighted by Crippen LogP contribution is -2.28. The van der Waals surface area contributed by atoms with E-state index in [0.717, 1.165) is 6.54 Å². The molecule has 1 amide bonds. The van der Waals surface area contributed by atoms with E-state index in [0.29, 0.717) is 30.9 Å². The first-order chi connectivity index (χ1) is 10.0. The van der Waals surface area contributed by atoms with Crippen molar-refractivity contribution in [2.75, 3.05) is 40.4 Å². The Kier molecular flexibility index (Phi) is 7.20. The van der Waals surface area contributed by atoms with Crippen LogP contribution in [0.2, 0.25) is 0 Å². The van der Waals surface area contributed by atoms with Gasteiger partial charge >= 0.3 is 0 Å². The maximum atomic E-state index is 11.9. The molecule has 0 bridgehead atoms. The predicted octanol–water partition coefficient (Wildman–Crippen LogP) is 0.0891. The topological polar surface area (TPSA) is 100 Å². The molecule has 0 aliphatic heterocycles. The van der Waals surface area contributed by atoms with Crippen LogP contribution in [0.25, 0.3) is 0 Å². The SMILES string of the molecule is CN(C)CCOCCNC(=O)c1ccc(/C(N)=N/O)cc1. The summed E-state index contributed by atoms with van der Waals surface area (Å²) >= 11 is 0. The number of amides is 1. The molecule has 0 aliphatic rings. The first-order valence-corrected chi connectivity index (χ1v) is 6.63. The summed E-state index contributed by atoms with van der Waals surface area (Å²) in [6.45, 7) is 2.41. The van der Waals surface area contributed by atoms with Gasteiger partial charge in [0.1, 0.15) is 0 Å². The normalized spacial score (nSPS) is 11.7. The molecule has 1 aromatic carbocycles. The lowest BCUT2D eigenvalue weighted by atomic mass is 10.1. The summed E-state index contributed by atoms with van der Waals surface area (Å²) in [5.41, 5.74) is 6.52. The van der Waals surface area contributed by atoms with Crippen LogP contribution in [0.15, 0.2) is 29.4 Å². The van der Waals surface area contributed by atoms with Crippen molar-refractivity contribution in [2.24, 2.45) is 10.9 Å². The van der Waals surface area contributed by atoms with Crippen LogP contribution in [-0.4, -0.2) is 62.2 Å². The zero-order chi connectivity index (χ0) is 15.7. The largest absolute Gasteiger partial charge is 0.409 e. The molecule has 0 spiro atoms. The average molecular weight is 294 g/mol. The highest BCUT2D eigenvalue weighted by atomic mass is 16.5. The van der Waals surface area contributed by atoms with Crippen LogP contribution in [0.5, 0.6) is 0 Å². The van der Waals surface area contributed by atoms with Gasteiger partial charge in [0, 0.05) is 24.2 Å². The molecule has 0 saturated carbocycles. The number of hydrogen-bond donors (Lipinski definition) is 3. The Bertz CT molecular complexity index is 472. The number of amidine groups is 1. The highest BCUT2D eigenvalue weighted by Crippen LogP contribution is 2.04. The van der Waals surface area contributed by atoms with Crippen molar-refractivity contribution in [3.63, 3.8) is 0 Å². The number of ether oxygens (including phenoxy) is 1. The van der Waals surface area contributed by atoms with Crippen molar-refractivity contribution < 1.29 is 14.7 Å². The molecule has 0 unspecified atom stereocenters. The van der Waals surface area contributed by atoms with E-state index in [4.69, 9.17) is 15.7 Å². The lowest BCUT2D eigenvalue weighted by Gasteiger charge is -2.10. The van der Waals surface area contributed by atoms with Crippen molar-refractivity contribution in [3.05, 3.63) is 35.4 Å². The van der Waals surface area contributed by atoms with Gasteiger partial charge in [-0.1, -0.05) is 17.3 Å². The quantitative estimate of drug-likeness (QED) is 0.207. The number of nitrogens with two attached hydrogens (primary N) is 1. The fraction of sp³-hybridized carbons (Fsp3) is 0.429. The highest BCUT2D eigenvalue weighted by Gasteiger charge is 2.06. The summed E-state index contributed by atoms with van der Waals surface area (Å²) < 4.78 is 5.38. The van der Waals surface area contributed by atoms with Gasteiger partial charge in [-0.3, -0.25) is 4.79 Å². The van der Waals surface area contributed by atoms with Crippen molar-refractivity contribution in [2.45, 2.75) is 0 Å². The van der Waals surface area contributed by atoms with Gasteiger partial charge < -0.3 is 25.9 Å². The van der Waals surface area contributed by atoms with Gasteiger partial charge in [-0.15, -0.1) is 0 Å². The van der Waals surface area contributed by atoms with E-state index in [9.17, 15) is 4.79 Å². The van der Waals surface area contributed by atoms with Crippen molar-refractivity contribution in [3.8, 4) is 0 Å². The molecule has 7 heteroatoms. The van der Waals surface area contributed by atoms with E-state index >= 15 is 0 Å². The van der Waals surface area contributed by atoms with E-state index < -0.39 is 0 Å². The molecule has 0 aromatic heterocycles. The summed E-state index contributed by atoms with van der Waals surface area (Å²) in [4.78, 5) is 13.9. The Morgan fingerprint density at radius 3 is 2.48 bits per heavy atom. The van der Waals surface area contributed by atoms with Gasteiger partial charge in [-0.05, 0) is 26.2 Å². The molecule has 0 saturated heterocycles. The zero-order valence-electron chi connectivity index (χ0n) is 12.4. The Morgan fingerprint density at radius 2 is 1.90 bits per heavy atom. The van der Waals surface area contributed by atoms with Crippen LogP contribution in [0.3, 0.4) is 0 Å². The minimum Gasteiger partial charge on any atom is -0.409 e. The molecule has 1 rings (SSSR count). The van der Waals surface area contributed by atoms with Gasteiger partial charge in [0.2, 0.25) is 0 Å². The van der Waals surface area contributed by atoms with Crippen LogP contribution >= 0.6 is 0 Å². The van der Waals surface area contributed by atoms with Crippen LogP contribution < -0.4 is 11.1 Å². The number of likely N-dealkylation sites (N-methyl/N-ethyl adjacent to an activating group) is 1. The predicted molar refractivity (Wildman–Crippen MR) is 80.7 cm³/mol.